The van der Waals surface area contributed by atoms with Gasteiger partial charge in [0, 0.05) is 18.6 Å². The third-order valence-corrected chi connectivity index (χ3v) is 2.70. The highest BCUT2D eigenvalue weighted by molar-refractivity contribution is 4.83. The Labute approximate surface area is 107 Å². The lowest BCUT2D eigenvalue weighted by atomic mass is 9.96. The van der Waals surface area contributed by atoms with Crippen molar-refractivity contribution in [1.29, 1.82) is 0 Å². The van der Waals surface area contributed by atoms with Crippen LogP contribution in [0.4, 0.5) is 13.2 Å². The summed E-state index contributed by atoms with van der Waals surface area (Å²) in [7, 11) is 0. The van der Waals surface area contributed by atoms with E-state index < -0.39 is 18.1 Å². The van der Waals surface area contributed by atoms with Crippen molar-refractivity contribution in [3.05, 3.63) is 0 Å². The molecule has 0 fully saturated rings. The molecular weight excluding hydrogens is 247 g/mol. The maximum Gasteiger partial charge on any atom is 0.389 e. The molecule has 0 spiro atoms. The Balaban J connectivity index is 3.85. The van der Waals surface area contributed by atoms with E-state index in [9.17, 15) is 18.3 Å². The Morgan fingerprint density at radius 1 is 1.33 bits per heavy atom. The van der Waals surface area contributed by atoms with Crippen LogP contribution in [-0.2, 0) is 4.74 Å². The monoisotopic (exact) mass is 271 g/mol. The van der Waals surface area contributed by atoms with E-state index in [-0.39, 0.29) is 25.7 Å². The van der Waals surface area contributed by atoms with Crippen LogP contribution in [0.5, 0.6) is 0 Å². The van der Waals surface area contributed by atoms with Gasteiger partial charge < -0.3 is 15.2 Å². The average molecular weight is 271 g/mol. The molecule has 2 N–H and O–H groups in total. The second kappa shape index (κ2) is 7.96. The minimum atomic E-state index is -4.12. The largest absolute Gasteiger partial charge is 0.394 e. The molecule has 0 bridgehead atoms. The predicted octanol–water partition coefficient (Wildman–Crippen LogP) is 2.48. The average Bonchev–Trinajstić information content (AvgIpc) is 2.23. The first kappa shape index (κ1) is 17.7. The summed E-state index contributed by atoms with van der Waals surface area (Å²) < 4.78 is 41.1. The summed E-state index contributed by atoms with van der Waals surface area (Å²) in [5, 5.41) is 12.4. The van der Waals surface area contributed by atoms with E-state index in [4.69, 9.17) is 4.74 Å². The Morgan fingerprint density at radius 3 is 2.39 bits per heavy atom. The molecule has 110 valence electrons. The highest BCUT2D eigenvalue weighted by atomic mass is 19.4. The summed E-state index contributed by atoms with van der Waals surface area (Å²) in [5.74, 6) is 0. The lowest BCUT2D eigenvalue weighted by Crippen LogP contribution is -2.48. The molecule has 0 aromatic rings. The first-order valence-corrected chi connectivity index (χ1v) is 6.26. The molecule has 0 aliphatic heterocycles. The second-order valence-electron chi connectivity index (χ2n) is 4.85. The zero-order valence-corrected chi connectivity index (χ0v) is 11.3. The fourth-order valence-corrected chi connectivity index (χ4v) is 1.87. The summed E-state index contributed by atoms with van der Waals surface area (Å²) in [4.78, 5) is 0. The summed E-state index contributed by atoms with van der Waals surface area (Å²) in [6.45, 7) is 6.39. The fraction of sp³-hybridized carbons (Fsp3) is 1.00. The van der Waals surface area contributed by atoms with Crippen molar-refractivity contribution in [3.8, 4) is 0 Å². The van der Waals surface area contributed by atoms with E-state index >= 15 is 0 Å². The van der Waals surface area contributed by atoms with Crippen LogP contribution in [-0.4, -0.2) is 42.7 Å². The number of ether oxygens (including phenoxy) is 1. The van der Waals surface area contributed by atoms with E-state index in [0.717, 1.165) is 6.54 Å². The molecule has 0 aliphatic carbocycles. The molecule has 0 aliphatic rings. The van der Waals surface area contributed by atoms with Crippen LogP contribution in [0.3, 0.4) is 0 Å². The number of rotatable bonds is 9. The van der Waals surface area contributed by atoms with Gasteiger partial charge in [0.1, 0.15) is 0 Å². The Morgan fingerprint density at radius 2 is 1.94 bits per heavy atom. The first-order valence-electron chi connectivity index (χ1n) is 6.26. The molecule has 18 heavy (non-hydrogen) atoms. The van der Waals surface area contributed by atoms with Crippen LogP contribution >= 0.6 is 0 Å². The molecule has 2 atom stereocenters. The van der Waals surface area contributed by atoms with Crippen LogP contribution in [0.15, 0.2) is 0 Å². The zero-order valence-electron chi connectivity index (χ0n) is 11.3. The van der Waals surface area contributed by atoms with E-state index in [1.807, 2.05) is 13.8 Å². The SMILES string of the molecule is CCNC(C)(CO)CC(C)OCCCC(F)(F)F. The molecule has 0 aromatic carbocycles. The topological polar surface area (TPSA) is 41.5 Å². The summed E-state index contributed by atoms with van der Waals surface area (Å²) in [5.41, 5.74) is -0.446. The molecule has 0 heterocycles. The van der Waals surface area contributed by atoms with E-state index in [2.05, 4.69) is 5.32 Å². The minimum Gasteiger partial charge on any atom is -0.394 e. The number of alkyl halides is 3. The van der Waals surface area contributed by atoms with E-state index in [0.29, 0.717) is 6.42 Å². The zero-order chi connectivity index (χ0) is 14.2. The predicted molar refractivity (Wildman–Crippen MR) is 64.5 cm³/mol. The van der Waals surface area contributed by atoms with Gasteiger partial charge in [-0.25, -0.2) is 0 Å². The maximum absolute atomic E-state index is 11.9. The number of aliphatic hydroxyl groups is 1. The Kier molecular flexibility index (Phi) is 7.82. The van der Waals surface area contributed by atoms with Gasteiger partial charge >= 0.3 is 6.18 Å². The smallest absolute Gasteiger partial charge is 0.389 e. The van der Waals surface area contributed by atoms with Gasteiger partial charge in [0.15, 0.2) is 0 Å². The molecule has 0 saturated heterocycles. The quantitative estimate of drug-likeness (QED) is 0.633. The van der Waals surface area contributed by atoms with Crippen molar-refractivity contribution in [2.45, 2.75) is 57.9 Å². The van der Waals surface area contributed by atoms with E-state index in [1.165, 1.54) is 0 Å². The lowest BCUT2D eigenvalue weighted by Gasteiger charge is -2.31. The molecule has 0 amide bonds. The van der Waals surface area contributed by atoms with Crippen molar-refractivity contribution in [1.82, 2.24) is 5.32 Å². The normalized spacial score (nSPS) is 17.5. The van der Waals surface area contributed by atoms with Crippen LogP contribution in [0.1, 0.15) is 40.0 Å². The van der Waals surface area contributed by atoms with Gasteiger partial charge in [-0.15, -0.1) is 0 Å². The van der Waals surface area contributed by atoms with Gasteiger partial charge in [0.05, 0.1) is 12.7 Å². The molecule has 0 aromatic heterocycles. The Hall–Kier alpha value is -0.330. The number of nitrogens with one attached hydrogen (secondary N) is 1. The fourth-order valence-electron chi connectivity index (χ4n) is 1.87. The maximum atomic E-state index is 11.9. The van der Waals surface area contributed by atoms with Crippen molar-refractivity contribution >= 4 is 0 Å². The van der Waals surface area contributed by atoms with Crippen molar-refractivity contribution in [3.63, 3.8) is 0 Å². The van der Waals surface area contributed by atoms with Gasteiger partial charge in [0.2, 0.25) is 0 Å². The van der Waals surface area contributed by atoms with Crippen LogP contribution in [0, 0.1) is 0 Å². The summed E-state index contributed by atoms with van der Waals surface area (Å²) in [6, 6.07) is 0. The molecular formula is C12H24F3NO2. The molecule has 6 heteroatoms. The van der Waals surface area contributed by atoms with Crippen molar-refractivity contribution in [2.75, 3.05) is 19.8 Å². The van der Waals surface area contributed by atoms with Crippen LogP contribution < -0.4 is 5.32 Å². The molecule has 3 nitrogen and oxygen atoms in total. The Bertz CT molecular complexity index is 224. The van der Waals surface area contributed by atoms with Crippen LogP contribution in [0.25, 0.3) is 0 Å². The molecule has 0 rings (SSSR count). The van der Waals surface area contributed by atoms with Gasteiger partial charge in [0.25, 0.3) is 0 Å². The van der Waals surface area contributed by atoms with Gasteiger partial charge in [-0.2, -0.15) is 13.2 Å². The molecule has 0 saturated carbocycles. The molecule has 2 unspecified atom stereocenters. The number of hydrogen-bond donors (Lipinski definition) is 2. The standard InChI is InChI=1S/C12H24F3NO2/c1-4-16-11(3,9-17)8-10(2)18-7-5-6-12(13,14)15/h10,16-17H,4-9H2,1-3H3. The lowest BCUT2D eigenvalue weighted by molar-refractivity contribution is -0.139. The van der Waals surface area contributed by atoms with Crippen LogP contribution in [0.2, 0.25) is 0 Å². The van der Waals surface area contributed by atoms with Crippen molar-refractivity contribution < 1.29 is 23.0 Å². The summed E-state index contributed by atoms with van der Waals surface area (Å²) in [6.07, 6.45) is -4.58. The summed E-state index contributed by atoms with van der Waals surface area (Å²) >= 11 is 0. The van der Waals surface area contributed by atoms with Crippen molar-refractivity contribution in [2.24, 2.45) is 0 Å². The van der Waals surface area contributed by atoms with Gasteiger partial charge in [-0.1, -0.05) is 6.92 Å². The highest BCUT2D eigenvalue weighted by Crippen LogP contribution is 2.21. The minimum absolute atomic E-state index is 0.0229. The number of hydrogen-bond acceptors (Lipinski definition) is 3. The second-order valence-corrected chi connectivity index (χ2v) is 4.85. The number of likely N-dealkylation sites (N-methyl/N-ethyl adjacent to an activating group) is 1. The third kappa shape index (κ3) is 8.72. The van der Waals surface area contributed by atoms with Gasteiger partial charge in [-0.3, -0.25) is 0 Å². The highest BCUT2D eigenvalue weighted by Gasteiger charge is 2.27. The van der Waals surface area contributed by atoms with E-state index in [1.54, 1.807) is 6.92 Å². The number of halogens is 3. The first-order chi connectivity index (χ1) is 8.22. The number of aliphatic hydroxyl groups excluding tert-OH is 1. The molecule has 0 radical (unpaired) electrons. The van der Waals surface area contributed by atoms with Gasteiger partial charge in [-0.05, 0) is 33.2 Å². The third-order valence-electron chi connectivity index (χ3n) is 2.70.